The van der Waals surface area contributed by atoms with Crippen molar-refractivity contribution in [2.24, 2.45) is 0 Å². The predicted molar refractivity (Wildman–Crippen MR) is 142 cm³/mol. The number of nitro groups is 1. The maximum atomic E-state index is 13.4. The number of hydrogen-bond acceptors (Lipinski definition) is 9. The number of non-ortho nitro benzene ring substituents is 1. The van der Waals surface area contributed by atoms with Crippen molar-refractivity contribution >= 4 is 49.8 Å². The summed E-state index contributed by atoms with van der Waals surface area (Å²) in [5.74, 6) is -0.930. The molecule has 11 heteroatoms. The van der Waals surface area contributed by atoms with Gasteiger partial charge in [-0.2, -0.15) is 0 Å². The van der Waals surface area contributed by atoms with Gasteiger partial charge in [0.25, 0.3) is 11.5 Å². The van der Waals surface area contributed by atoms with Crippen LogP contribution >= 0.6 is 11.3 Å². The van der Waals surface area contributed by atoms with Gasteiger partial charge in [-0.1, -0.05) is 11.3 Å². The Morgan fingerprint density at radius 3 is 2.42 bits per heavy atom. The lowest BCUT2D eigenvalue weighted by Crippen LogP contribution is -2.29. The average Bonchev–Trinajstić information content (AvgIpc) is 3.45. The summed E-state index contributed by atoms with van der Waals surface area (Å²) < 4.78 is 11.3. The molecule has 0 bridgehead atoms. The van der Waals surface area contributed by atoms with E-state index in [1.807, 2.05) is 0 Å². The number of carbonyl (C=O) groups excluding carboxylic acids is 2. The van der Waals surface area contributed by atoms with Crippen LogP contribution in [0.4, 0.5) is 10.8 Å². The SMILES string of the molecule is COc1ccc2nc(N3C(=O)C(=O)C(=C(O)c4ccc(OC)c(C)c4)[C@@H]3c3ccc([N+](=O)[O-])cc3)sc2c1. The smallest absolute Gasteiger partial charge is 0.301 e. The second kappa shape index (κ2) is 9.60. The number of hydrogen-bond donors (Lipinski definition) is 1. The molecule has 1 saturated heterocycles. The lowest BCUT2D eigenvalue weighted by Gasteiger charge is -2.23. The third kappa shape index (κ3) is 4.12. The van der Waals surface area contributed by atoms with Crippen molar-refractivity contribution in [1.29, 1.82) is 0 Å². The van der Waals surface area contributed by atoms with E-state index in [4.69, 9.17) is 9.47 Å². The van der Waals surface area contributed by atoms with Gasteiger partial charge in [-0.05, 0) is 66.6 Å². The minimum Gasteiger partial charge on any atom is -0.507 e. The van der Waals surface area contributed by atoms with Crippen molar-refractivity contribution in [2.45, 2.75) is 13.0 Å². The number of thiazole rings is 1. The Kier molecular flexibility index (Phi) is 6.29. The van der Waals surface area contributed by atoms with E-state index in [1.54, 1.807) is 43.3 Å². The number of aliphatic hydroxyl groups excluding tert-OH is 1. The minimum absolute atomic E-state index is 0.148. The van der Waals surface area contributed by atoms with Gasteiger partial charge in [0.05, 0.1) is 41.0 Å². The van der Waals surface area contributed by atoms with Gasteiger partial charge in [-0.3, -0.25) is 24.6 Å². The topological polar surface area (TPSA) is 132 Å². The molecule has 3 aromatic carbocycles. The van der Waals surface area contributed by atoms with E-state index in [1.165, 1.54) is 54.7 Å². The Bertz CT molecular complexity index is 1640. The molecule has 0 spiro atoms. The molecule has 1 aromatic heterocycles. The molecule has 4 aromatic rings. The summed E-state index contributed by atoms with van der Waals surface area (Å²) in [4.78, 5) is 43.3. The van der Waals surface area contributed by atoms with Crippen molar-refractivity contribution in [3.63, 3.8) is 0 Å². The van der Waals surface area contributed by atoms with E-state index in [0.717, 1.165) is 10.3 Å². The Balaban J connectivity index is 1.71. The molecule has 0 saturated carbocycles. The molecule has 10 nitrogen and oxygen atoms in total. The number of carbonyl (C=O) groups is 2. The van der Waals surface area contributed by atoms with Crippen molar-refractivity contribution in [3.05, 3.63) is 93.0 Å². The van der Waals surface area contributed by atoms with E-state index >= 15 is 0 Å². The summed E-state index contributed by atoms with van der Waals surface area (Å²) >= 11 is 1.19. The number of aliphatic hydroxyl groups is 1. The van der Waals surface area contributed by atoms with Crippen molar-refractivity contribution < 1.29 is 29.1 Å². The number of nitrogens with zero attached hydrogens (tertiary/aromatic N) is 3. The molecule has 1 aliphatic heterocycles. The highest BCUT2D eigenvalue weighted by atomic mass is 32.1. The quantitative estimate of drug-likeness (QED) is 0.119. The van der Waals surface area contributed by atoms with Crippen molar-refractivity contribution in [3.8, 4) is 11.5 Å². The lowest BCUT2D eigenvalue weighted by atomic mass is 9.94. The highest BCUT2D eigenvalue weighted by Gasteiger charge is 2.48. The molecule has 5 rings (SSSR count). The van der Waals surface area contributed by atoms with Crippen molar-refractivity contribution in [2.75, 3.05) is 19.1 Å². The molecule has 1 fully saturated rings. The van der Waals surface area contributed by atoms with Gasteiger partial charge in [-0.15, -0.1) is 0 Å². The predicted octanol–water partition coefficient (Wildman–Crippen LogP) is 5.16. The number of rotatable bonds is 6. The first kappa shape index (κ1) is 24.9. The molecule has 0 radical (unpaired) electrons. The Morgan fingerprint density at radius 1 is 1.05 bits per heavy atom. The van der Waals surface area contributed by atoms with Crippen LogP contribution in [0.15, 0.2) is 66.2 Å². The van der Waals surface area contributed by atoms with Gasteiger partial charge >= 0.3 is 5.91 Å². The van der Waals surface area contributed by atoms with Gasteiger partial charge in [0.1, 0.15) is 17.3 Å². The zero-order chi connectivity index (χ0) is 27.1. The molecule has 2 heterocycles. The second-order valence-electron chi connectivity index (χ2n) is 8.53. The Hall–Kier alpha value is -4.77. The van der Waals surface area contributed by atoms with Crippen LogP contribution in [0.3, 0.4) is 0 Å². The Labute approximate surface area is 220 Å². The van der Waals surface area contributed by atoms with Crippen LogP contribution < -0.4 is 14.4 Å². The van der Waals surface area contributed by atoms with Gasteiger partial charge in [0, 0.05) is 17.7 Å². The number of nitro benzene ring substituents is 1. The summed E-state index contributed by atoms with van der Waals surface area (Å²) in [6.07, 6.45) is 0. The number of amides is 1. The van der Waals surface area contributed by atoms with Crippen LogP contribution in [0.1, 0.15) is 22.7 Å². The molecule has 0 aliphatic carbocycles. The van der Waals surface area contributed by atoms with Gasteiger partial charge in [-0.25, -0.2) is 4.98 Å². The number of benzene rings is 3. The average molecular weight is 532 g/mol. The fourth-order valence-corrected chi connectivity index (χ4v) is 5.45. The number of anilines is 1. The standard InChI is InChI=1S/C27H21N3O7S/c1-14-12-16(6-11-20(14)37-3)24(31)22-23(15-4-7-17(8-5-15)30(34)35)29(26(33)25(22)32)27-28-19-10-9-18(36-2)13-21(19)38-27/h4-13,23,31H,1-3H3/t23-/m0/s1. The molecular weight excluding hydrogens is 510 g/mol. The highest BCUT2D eigenvalue weighted by Crippen LogP contribution is 2.45. The van der Waals surface area contributed by atoms with Crippen molar-refractivity contribution in [1.82, 2.24) is 4.98 Å². The first-order chi connectivity index (χ1) is 18.2. The van der Waals surface area contributed by atoms with E-state index < -0.39 is 22.7 Å². The molecule has 1 aliphatic rings. The van der Waals surface area contributed by atoms with Crippen LogP contribution in [0, 0.1) is 17.0 Å². The van der Waals surface area contributed by atoms with Gasteiger partial charge in [0.15, 0.2) is 5.13 Å². The van der Waals surface area contributed by atoms with E-state index in [-0.39, 0.29) is 22.2 Å². The zero-order valence-corrected chi connectivity index (χ0v) is 21.3. The maximum absolute atomic E-state index is 13.4. The first-order valence-electron chi connectivity index (χ1n) is 11.4. The summed E-state index contributed by atoms with van der Waals surface area (Å²) in [5.41, 5.74) is 1.74. The Morgan fingerprint density at radius 2 is 1.79 bits per heavy atom. The summed E-state index contributed by atoms with van der Waals surface area (Å²) in [7, 11) is 3.06. The van der Waals surface area contributed by atoms with E-state index in [9.17, 15) is 24.8 Å². The maximum Gasteiger partial charge on any atom is 0.301 e. The number of ether oxygens (including phenoxy) is 2. The second-order valence-corrected chi connectivity index (χ2v) is 9.54. The number of Topliss-reactive ketones (excluding diaryl/α,β-unsaturated/α-hetero) is 1. The van der Waals surface area contributed by atoms with Crippen LogP contribution in [0.25, 0.3) is 16.0 Å². The number of ketones is 1. The van der Waals surface area contributed by atoms with Gasteiger partial charge in [0.2, 0.25) is 0 Å². The lowest BCUT2D eigenvalue weighted by molar-refractivity contribution is -0.384. The number of aryl methyl sites for hydroxylation is 1. The summed E-state index contributed by atoms with van der Waals surface area (Å²) in [6, 6.07) is 14.6. The molecule has 1 atom stereocenters. The normalized spacial score (nSPS) is 16.7. The number of fused-ring (bicyclic) bond motifs is 1. The van der Waals surface area contributed by atoms with Crippen LogP contribution in [-0.4, -0.2) is 40.9 Å². The van der Waals surface area contributed by atoms with Crippen LogP contribution in [0.2, 0.25) is 0 Å². The largest absolute Gasteiger partial charge is 0.507 e. The third-order valence-electron chi connectivity index (χ3n) is 6.32. The summed E-state index contributed by atoms with van der Waals surface area (Å²) in [5, 5.41) is 22.8. The monoisotopic (exact) mass is 531 g/mol. The number of methoxy groups -OCH3 is 2. The number of aromatic nitrogens is 1. The zero-order valence-electron chi connectivity index (χ0n) is 20.5. The first-order valence-corrected chi connectivity index (χ1v) is 12.2. The molecule has 1 N–H and O–H groups in total. The third-order valence-corrected chi connectivity index (χ3v) is 7.34. The highest BCUT2D eigenvalue weighted by molar-refractivity contribution is 7.22. The minimum atomic E-state index is -1.07. The molecule has 1 amide bonds. The fraction of sp³-hybridized carbons (Fsp3) is 0.148. The molecule has 192 valence electrons. The van der Waals surface area contributed by atoms with E-state index in [2.05, 4.69) is 4.98 Å². The van der Waals surface area contributed by atoms with Crippen LogP contribution in [-0.2, 0) is 9.59 Å². The van der Waals surface area contributed by atoms with Crippen LogP contribution in [0.5, 0.6) is 11.5 Å². The fourth-order valence-electron chi connectivity index (χ4n) is 4.43. The van der Waals surface area contributed by atoms with E-state index in [0.29, 0.717) is 28.1 Å². The molecular formula is C27H21N3O7S. The van der Waals surface area contributed by atoms with Gasteiger partial charge < -0.3 is 14.6 Å². The molecule has 38 heavy (non-hydrogen) atoms. The summed E-state index contributed by atoms with van der Waals surface area (Å²) in [6.45, 7) is 1.79. The molecule has 0 unspecified atom stereocenters.